The summed E-state index contributed by atoms with van der Waals surface area (Å²) in [5.41, 5.74) is 7.04. The fourth-order valence-electron chi connectivity index (χ4n) is 2.21. The lowest BCUT2D eigenvalue weighted by atomic mass is 10.0. The molecular formula is C14H20N2O2. The molecule has 1 aliphatic heterocycles. The second-order valence-corrected chi connectivity index (χ2v) is 4.91. The van der Waals surface area contributed by atoms with Gasteiger partial charge in [-0.25, -0.2) is 0 Å². The Bertz CT molecular complexity index is 394. The summed E-state index contributed by atoms with van der Waals surface area (Å²) < 4.78 is 5.20. The summed E-state index contributed by atoms with van der Waals surface area (Å²) in [6.07, 6.45) is 0.829. The third-order valence-electron chi connectivity index (χ3n) is 3.23. The number of rotatable bonds is 4. The lowest BCUT2D eigenvalue weighted by Gasteiger charge is -2.18. The molecular weight excluding hydrogens is 228 g/mol. The average molecular weight is 248 g/mol. The highest BCUT2D eigenvalue weighted by molar-refractivity contribution is 5.80. The molecule has 1 fully saturated rings. The molecule has 18 heavy (non-hydrogen) atoms. The quantitative estimate of drug-likeness (QED) is 0.824. The molecule has 2 rings (SSSR count). The van der Waals surface area contributed by atoms with Gasteiger partial charge >= 0.3 is 0 Å². The Morgan fingerprint density at radius 1 is 1.44 bits per heavy atom. The van der Waals surface area contributed by atoms with Gasteiger partial charge in [-0.1, -0.05) is 30.3 Å². The summed E-state index contributed by atoms with van der Waals surface area (Å²) in [5, 5.41) is 3.00. The van der Waals surface area contributed by atoms with Crippen LogP contribution in [0.4, 0.5) is 0 Å². The number of hydrogen-bond acceptors (Lipinski definition) is 3. The second kappa shape index (κ2) is 5.98. The van der Waals surface area contributed by atoms with E-state index in [1.54, 1.807) is 0 Å². The Hall–Kier alpha value is -1.39. The molecule has 1 aromatic rings. The number of nitrogens with one attached hydrogen (secondary N) is 1. The van der Waals surface area contributed by atoms with Crippen LogP contribution in [0.5, 0.6) is 0 Å². The van der Waals surface area contributed by atoms with Crippen LogP contribution in [0.1, 0.15) is 12.5 Å². The van der Waals surface area contributed by atoms with E-state index in [2.05, 4.69) is 17.4 Å². The number of nitrogens with two attached hydrogens (primary N) is 1. The summed E-state index contributed by atoms with van der Waals surface area (Å²) in [4.78, 5) is 12.0. The van der Waals surface area contributed by atoms with E-state index in [0.717, 1.165) is 6.42 Å². The van der Waals surface area contributed by atoms with E-state index in [4.69, 9.17) is 10.5 Å². The van der Waals surface area contributed by atoms with E-state index in [1.165, 1.54) is 5.56 Å². The van der Waals surface area contributed by atoms with Crippen molar-refractivity contribution in [1.82, 2.24) is 5.32 Å². The minimum absolute atomic E-state index is 0.00318. The number of carbonyl (C=O) groups excluding carboxylic acids is 1. The fraction of sp³-hybridized carbons (Fsp3) is 0.500. The van der Waals surface area contributed by atoms with Crippen molar-refractivity contribution in [3.05, 3.63) is 35.9 Å². The van der Waals surface area contributed by atoms with Gasteiger partial charge in [0.2, 0.25) is 5.91 Å². The van der Waals surface area contributed by atoms with Gasteiger partial charge in [0.1, 0.15) is 0 Å². The van der Waals surface area contributed by atoms with Crippen LogP contribution in [0, 0.1) is 5.92 Å². The number of carbonyl (C=O) groups is 1. The molecule has 3 unspecified atom stereocenters. The van der Waals surface area contributed by atoms with Crippen LogP contribution in [0.3, 0.4) is 0 Å². The van der Waals surface area contributed by atoms with Gasteiger partial charge in [-0.2, -0.15) is 0 Å². The minimum atomic E-state index is -0.205. The van der Waals surface area contributed by atoms with Gasteiger partial charge in [-0.05, 0) is 18.9 Å². The molecule has 98 valence electrons. The molecule has 4 nitrogen and oxygen atoms in total. The Balaban J connectivity index is 1.84. The maximum Gasteiger partial charge on any atom is 0.227 e. The highest BCUT2D eigenvalue weighted by Crippen LogP contribution is 2.12. The number of amides is 1. The fourth-order valence-corrected chi connectivity index (χ4v) is 2.21. The molecule has 0 saturated carbocycles. The van der Waals surface area contributed by atoms with Gasteiger partial charge in [0, 0.05) is 12.1 Å². The first kappa shape index (κ1) is 13.1. The van der Waals surface area contributed by atoms with Crippen LogP contribution in [-0.2, 0) is 16.0 Å². The van der Waals surface area contributed by atoms with Gasteiger partial charge in [-0.3, -0.25) is 4.79 Å². The molecule has 1 aliphatic rings. The van der Waals surface area contributed by atoms with Crippen molar-refractivity contribution in [1.29, 1.82) is 0 Å². The molecule has 0 spiro atoms. The summed E-state index contributed by atoms with van der Waals surface area (Å²) in [7, 11) is 0. The van der Waals surface area contributed by atoms with Crippen LogP contribution >= 0.6 is 0 Å². The Morgan fingerprint density at radius 2 is 2.17 bits per heavy atom. The molecule has 0 aliphatic carbocycles. The lowest BCUT2D eigenvalue weighted by Crippen LogP contribution is -2.44. The van der Waals surface area contributed by atoms with Crippen molar-refractivity contribution >= 4 is 5.91 Å². The van der Waals surface area contributed by atoms with Gasteiger partial charge in [0.15, 0.2) is 0 Å². The third-order valence-corrected chi connectivity index (χ3v) is 3.23. The summed E-state index contributed by atoms with van der Waals surface area (Å²) in [6, 6.07) is 10.1. The SMILES string of the molecule is CC(Cc1ccccc1)NC(=O)C1COCC1N. The van der Waals surface area contributed by atoms with E-state index in [1.807, 2.05) is 25.1 Å². The highest BCUT2D eigenvalue weighted by Gasteiger charge is 2.31. The molecule has 0 aromatic heterocycles. The first-order chi connectivity index (χ1) is 8.66. The van der Waals surface area contributed by atoms with Crippen LogP contribution < -0.4 is 11.1 Å². The van der Waals surface area contributed by atoms with Crippen molar-refractivity contribution < 1.29 is 9.53 Å². The molecule has 3 N–H and O–H groups in total. The monoisotopic (exact) mass is 248 g/mol. The first-order valence-corrected chi connectivity index (χ1v) is 6.34. The molecule has 4 heteroatoms. The molecule has 1 aromatic carbocycles. The van der Waals surface area contributed by atoms with E-state index in [-0.39, 0.29) is 23.9 Å². The van der Waals surface area contributed by atoms with Crippen LogP contribution in [-0.4, -0.2) is 31.2 Å². The molecule has 0 bridgehead atoms. The van der Waals surface area contributed by atoms with Gasteiger partial charge in [-0.15, -0.1) is 0 Å². The average Bonchev–Trinajstić information content (AvgIpc) is 2.76. The van der Waals surface area contributed by atoms with E-state index in [9.17, 15) is 4.79 Å². The van der Waals surface area contributed by atoms with Crippen molar-refractivity contribution in [2.75, 3.05) is 13.2 Å². The molecule has 1 heterocycles. The molecule has 1 amide bonds. The van der Waals surface area contributed by atoms with Gasteiger partial charge in [0.25, 0.3) is 0 Å². The topological polar surface area (TPSA) is 64.3 Å². The van der Waals surface area contributed by atoms with Crippen molar-refractivity contribution in [3.63, 3.8) is 0 Å². The normalized spacial score (nSPS) is 24.8. The van der Waals surface area contributed by atoms with Crippen LogP contribution in [0.2, 0.25) is 0 Å². The number of ether oxygens (including phenoxy) is 1. The standard InChI is InChI=1S/C14H20N2O2/c1-10(7-11-5-3-2-4-6-11)16-14(17)12-8-18-9-13(12)15/h2-6,10,12-13H,7-9,15H2,1H3,(H,16,17). The molecule has 3 atom stereocenters. The molecule has 0 radical (unpaired) electrons. The summed E-state index contributed by atoms with van der Waals surface area (Å²) in [5.74, 6) is -0.202. The summed E-state index contributed by atoms with van der Waals surface area (Å²) >= 11 is 0. The maximum atomic E-state index is 12.0. The van der Waals surface area contributed by atoms with E-state index < -0.39 is 0 Å². The van der Waals surface area contributed by atoms with Crippen LogP contribution in [0.15, 0.2) is 30.3 Å². The van der Waals surface area contributed by atoms with Gasteiger partial charge in [0.05, 0.1) is 19.1 Å². The predicted molar refractivity (Wildman–Crippen MR) is 70.0 cm³/mol. The number of hydrogen-bond donors (Lipinski definition) is 2. The summed E-state index contributed by atoms with van der Waals surface area (Å²) in [6.45, 7) is 2.92. The smallest absolute Gasteiger partial charge is 0.227 e. The van der Waals surface area contributed by atoms with E-state index in [0.29, 0.717) is 13.2 Å². The Labute approximate surface area is 108 Å². The van der Waals surface area contributed by atoms with Crippen molar-refractivity contribution in [2.45, 2.75) is 25.4 Å². The third kappa shape index (κ3) is 3.31. The maximum absolute atomic E-state index is 12.0. The predicted octanol–water partition coefficient (Wildman–Crippen LogP) is 0.708. The number of benzene rings is 1. The van der Waals surface area contributed by atoms with Gasteiger partial charge < -0.3 is 15.8 Å². The van der Waals surface area contributed by atoms with Crippen LogP contribution in [0.25, 0.3) is 0 Å². The highest BCUT2D eigenvalue weighted by atomic mass is 16.5. The zero-order valence-electron chi connectivity index (χ0n) is 10.6. The largest absolute Gasteiger partial charge is 0.379 e. The Morgan fingerprint density at radius 3 is 2.78 bits per heavy atom. The van der Waals surface area contributed by atoms with Crippen molar-refractivity contribution in [3.8, 4) is 0 Å². The zero-order valence-corrected chi connectivity index (χ0v) is 10.6. The van der Waals surface area contributed by atoms with Crippen molar-refractivity contribution in [2.24, 2.45) is 11.7 Å². The first-order valence-electron chi connectivity index (χ1n) is 6.34. The minimum Gasteiger partial charge on any atom is -0.379 e. The lowest BCUT2D eigenvalue weighted by molar-refractivity contribution is -0.125. The Kier molecular flexibility index (Phi) is 4.33. The second-order valence-electron chi connectivity index (χ2n) is 4.91. The molecule has 1 saturated heterocycles. The zero-order chi connectivity index (χ0) is 13.0. The van der Waals surface area contributed by atoms with E-state index >= 15 is 0 Å².